The number of fused-ring (bicyclic) bond motifs is 3. The Hall–Kier alpha value is -7.18. The van der Waals surface area contributed by atoms with Crippen LogP contribution in [0, 0.1) is 40.9 Å². The molecule has 5 saturated heterocycles. The van der Waals surface area contributed by atoms with Gasteiger partial charge in [0.1, 0.15) is 128 Å². The fourth-order valence-electron chi connectivity index (χ4n) is 14.9. The molecule has 149 heavy (non-hydrogen) atoms. The lowest BCUT2D eigenvalue weighted by Crippen LogP contribution is -2.33. The molecule has 0 radical (unpaired) electrons. The van der Waals surface area contributed by atoms with E-state index in [9.17, 15) is 57.7 Å². The standard InChI is InChI=1S/C85H124N19O35P5S5/c1-46-33-100(79(113)98-72(46)106)58-28-48(53(35-105)130-58)136-141(117,122-19-24-146-75(109)82(6,7)8)127-37-55-50(30-60(132-55)102-43-95-63-66(86)89-40-92-69(63)102)138-143(119,124-21-26-148-77(111)84(12,13)14)129-39-57-52(32-62(134-57)104-45-97-65-68(88)91-42-94-71(65)104)139-144(120,125-22-27-149-78(112)85(15,16)17)128-38-56-51(31-61(133-56)103-44-96-64-67(87)90-41-93-70(64)103)137-142(118,123-20-25-147-76(110)83(9,10)11)126-36-54-49(29-59(131-54)101-34-47(2)73(107)99-80(101)114)135-140(115,116)121-18-23-145-74(108)81(3,4)5/h33-34,40-45,48-62,105H,18-32,35-39H2,1-17H3,(H,115,116)(H2,86,89,92)(H2,87,90,93)(H2,88,91,94)(H,98,106,113)(H,99,107,114)/t48-,49-,50-,51-,52-,53+,54+,55+,56+,57+,58+,59+,60+,61+,62+,141?,142?,143?,144?/m0/s1. The number of nitrogens with two attached hydrogens (primary N) is 3. The van der Waals surface area contributed by atoms with Crippen molar-refractivity contribution in [3.8, 4) is 0 Å². The summed E-state index contributed by atoms with van der Waals surface area (Å²) in [4.78, 5) is 173. The Kier molecular flexibility index (Phi) is 39.5. The number of hydrogen-bond acceptors (Lipinski definition) is 51. The maximum absolute atomic E-state index is 16.6. The van der Waals surface area contributed by atoms with E-state index in [1.54, 1.807) is 104 Å². The van der Waals surface area contributed by atoms with E-state index in [0.29, 0.717) is 0 Å². The monoisotopic (exact) mass is 2290 g/mol. The molecule has 0 saturated carbocycles. The Morgan fingerprint density at radius 3 is 0.852 bits per heavy atom. The van der Waals surface area contributed by atoms with Gasteiger partial charge in [0.05, 0.1) is 85.1 Å². The topological polar surface area (TPSA) is 705 Å². The van der Waals surface area contributed by atoms with Crippen LogP contribution in [0.2, 0.25) is 0 Å². The van der Waals surface area contributed by atoms with Gasteiger partial charge in [-0.05, 0) is 13.8 Å². The SMILES string of the molecule is Cc1cn([C@H]2C[C@H](OP(=O)(O)OCCSC(=O)C(C)(C)C)[C@@H](COP(=O)(OCCSC(=O)C(C)(C)C)O[C@H]3C[C@H](n4cnc5c(N)ncnc54)O[C@@H]3COP(=O)(OCCSC(=O)C(C)(C)C)O[C@H]3C[C@H](n4cnc5c(N)ncnc54)O[C@@H]3COP(=O)(OCCSC(=O)C(C)(C)C)O[C@H]3C[C@H](n4cnc5c(N)ncnc54)O[C@@H]3COP(=O)(OCCSC(=O)C(C)(C)C)O[C@H]3C[C@H](n4cc(C)c(=O)[nH]c4=O)O[C@@H]3CO)O2)c(=O)[nH]c1=O. The third kappa shape index (κ3) is 31.2. The second-order valence-electron chi connectivity index (χ2n) is 40.0. The number of nitrogen functional groups attached to an aromatic ring is 3. The van der Waals surface area contributed by atoms with Crippen LogP contribution in [-0.4, -0.2) is 269 Å². The summed E-state index contributed by atoms with van der Waals surface area (Å²) in [5.41, 5.74) is 12.2. The molecule has 10 N–H and O–H groups in total. The molecule has 54 nitrogen and oxygen atoms in total. The molecule has 5 aliphatic heterocycles. The number of nitrogens with zero attached hydrogens (tertiary/aromatic N) is 14. The van der Waals surface area contributed by atoms with E-state index in [0.717, 1.165) is 86.9 Å². The van der Waals surface area contributed by atoms with Gasteiger partial charge >= 0.3 is 50.5 Å². The molecule has 5 fully saturated rings. The number of anilines is 3. The van der Waals surface area contributed by atoms with Crippen molar-refractivity contribution in [2.45, 2.75) is 242 Å². The maximum Gasteiger partial charge on any atom is 0.475 e. The van der Waals surface area contributed by atoms with Crippen LogP contribution in [0.5, 0.6) is 0 Å². The molecule has 13 heterocycles. The lowest BCUT2D eigenvalue weighted by atomic mass is 9.99. The highest BCUT2D eigenvalue weighted by Crippen LogP contribution is 2.61. The van der Waals surface area contributed by atoms with Gasteiger partial charge in [-0.25, -0.2) is 77.3 Å². The van der Waals surface area contributed by atoms with Crippen molar-refractivity contribution in [2.75, 3.05) is 112 Å². The zero-order valence-corrected chi connectivity index (χ0v) is 93.1. The minimum Gasteiger partial charge on any atom is -0.394 e. The molecule has 0 spiro atoms. The Morgan fingerprint density at radius 2 is 0.597 bits per heavy atom. The molecule has 0 bridgehead atoms. The van der Waals surface area contributed by atoms with Crippen LogP contribution < -0.4 is 39.7 Å². The van der Waals surface area contributed by atoms with Crippen molar-refractivity contribution < 1.29 is 144 Å². The van der Waals surface area contributed by atoms with Crippen LogP contribution in [0.3, 0.4) is 0 Å². The molecule has 8 aromatic rings. The van der Waals surface area contributed by atoms with Gasteiger partial charge < -0.3 is 50.9 Å². The van der Waals surface area contributed by atoms with Crippen molar-refractivity contribution in [1.82, 2.24) is 77.7 Å². The van der Waals surface area contributed by atoms with Gasteiger partial charge in [0.15, 0.2) is 60.0 Å². The Labute approximate surface area is 874 Å². The number of phosphoric ester groups is 5. The van der Waals surface area contributed by atoms with Gasteiger partial charge in [-0.1, -0.05) is 163 Å². The largest absolute Gasteiger partial charge is 0.475 e. The van der Waals surface area contributed by atoms with Crippen LogP contribution in [0.4, 0.5) is 17.5 Å². The zero-order valence-electron chi connectivity index (χ0n) is 84.6. The van der Waals surface area contributed by atoms with Crippen molar-refractivity contribution >= 4 is 174 Å². The molecule has 0 amide bonds. The van der Waals surface area contributed by atoms with Crippen LogP contribution in [-0.2, 0) is 134 Å². The maximum atomic E-state index is 16.6. The van der Waals surface area contributed by atoms with Crippen LogP contribution >= 0.6 is 97.9 Å². The first kappa shape index (κ1) is 119. The summed E-state index contributed by atoms with van der Waals surface area (Å²) in [5, 5.41) is 9.34. The number of imidazole rings is 3. The molecule has 8 aromatic heterocycles. The number of aryl methyl sites for hydroxylation is 2. The van der Waals surface area contributed by atoms with Crippen LogP contribution in [0.15, 0.2) is 69.5 Å². The Balaban J connectivity index is 0.844. The third-order valence-electron chi connectivity index (χ3n) is 22.9. The first-order chi connectivity index (χ1) is 69.8. The highest BCUT2D eigenvalue weighted by molar-refractivity contribution is 8.14. The number of hydrogen-bond donors (Lipinski definition) is 7. The molecule has 20 atom stereocenters. The molecule has 824 valence electrons. The van der Waals surface area contributed by atoms with E-state index in [-0.39, 0.29) is 129 Å². The summed E-state index contributed by atoms with van der Waals surface area (Å²) in [7, 11) is -26.4. The fraction of sp³-hybridized carbons (Fsp3) is 0.671. The number of nitrogens with one attached hydrogen (secondary N) is 2. The highest BCUT2D eigenvalue weighted by Gasteiger charge is 2.54. The molecule has 0 aliphatic carbocycles. The lowest BCUT2D eigenvalue weighted by Gasteiger charge is -2.29. The number of thioether (sulfide) groups is 5. The lowest BCUT2D eigenvalue weighted by molar-refractivity contribution is -0.118. The number of phosphoric acid groups is 5. The minimum atomic E-state index is -5.41. The summed E-state index contributed by atoms with van der Waals surface area (Å²) >= 11 is 4.15. The normalized spacial score (nSPS) is 24.7. The fourth-order valence-corrected chi connectivity index (χ4v) is 26.0. The number of ether oxygens (including phenoxy) is 5. The van der Waals surface area contributed by atoms with E-state index in [1.165, 1.54) is 58.9 Å². The van der Waals surface area contributed by atoms with E-state index in [2.05, 4.69) is 54.8 Å². The Bertz CT molecular complexity index is 6650. The smallest absolute Gasteiger partial charge is 0.394 e. The number of aliphatic hydroxyl groups is 1. The van der Waals surface area contributed by atoms with Crippen molar-refractivity contribution in [3.63, 3.8) is 0 Å². The average Bonchev–Trinajstić information content (AvgIpc) is 1.64. The second kappa shape index (κ2) is 49.5. The van der Waals surface area contributed by atoms with Crippen molar-refractivity contribution in [3.05, 3.63) is 103 Å². The quantitative estimate of drug-likeness (QED) is 0.0138. The number of aliphatic hydroxyl groups excluding tert-OH is 1. The molecule has 64 heteroatoms. The van der Waals surface area contributed by atoms with Crippen LogP contribution in [0.25, 0.3) is 33.5 Å². The number of H-pyrrole nitrogens is 2. The Morgan fingerprint density at radius 1 is 0.362 bits per heavy atom. The van der Waals surface area contributed by atoms with Crippen molar-refractivity contribution in [2.24, 2.45) is 27.1 Å². The number of aromatic nitrogens is 16. The number of carbonyl (C=O) groups excluding carboxylic acids is 5. The van der Waals surface area contributed by atoms with Crippen molar-refractivity contribution in [1.29, 1.82) is 0 Å². The molecular formula is C85H124N19O35P5S5. The van der Waals surface area contributed by atoms with Gasteiger partial charge in [-0.3, -0.25) is 130 Å². The highest BCUT2D eigenvalue weighted by atomic mass is 32.2. The average molecular weight is 2290 g/mol. The predicted octanol–water partition coefficient (Wildman–Crippen LogP) is 10.5. The molecular weight excluding hydrogens is 2160 g/mol. The van der Waals surface area contributed by atoms with E-state index < -0.39 is 266 Å². The van der Waals surface area contributed by atoms with Gasteiger partial charge in [-0.2, -0.15) is 0 Å². The summed E-state index contributed by atoms with van der Waals surface area (Å²) in [6.45, 7) is 20.9. The van der Waals surface area contributed by atoms with E-state index >= 15 is 18.3 Å². The molecule has 5 unspecified atom stereocenters. The third-order valence-corrected chi connectivity index (χ3v) is 36.1. The van der Waals surface area contributed by atoms with Gasteiger partial charge in [0.2, 0.25) is 0 Å². The summed E-state index contributed by atoms with van der Waals surface area (Å²) < 4.78 is 205. The minimum absolute atomic E-state index is 0.0382. The first-order valence-electron chi connectivity index (χ1n) is 46.9. The van der Waals surface area contributed by atoms with E-state index in [1.807, 2.05) is 0 Å². The first-order valence-corrected chi connectivity index (χ1v) is 59.2. The van der Waals surface area contributed by atoms with Gasteiger partial charge in [0, 0.05) is 111 Å². The van der Waals surface area contributed by atoms with E-state index in [4.69, 9.17) is 104 Å². The molecule has 5 aliphatic rings. The summed E-state index contributed by atoms with van der Waals surface area (Å²) in [5.74, 6) is -0.929. The van der Waals surface area contributed by atoms with Crippen LogP contribution in [0.1, 0.15) is 178 Å². The van der Waals surface area contributed by atoms with Gasteiger partial charge in [-0.15, -0.1) is 0 Å². The zero-order chi connectivity index (χ0) is 109. The predicted molar refractivity (Wildman–Crippen MR) is 544 cm³/mol. The summed E-state index contributed by atoms with van der Waals surface area (Å²) in [6, 6.07) is 0. The van der Waals surface area contributed by atoms with Gasteiger partial charge in [0.25, 0.3) is 11.1 Å². The number of rotatable bonds is 48. The molecule has 0 aromatic carbocycles. The molecule has 13 rings (SSSR count). The second-order valence-corrected chi connectivity index (χ2v) is 53.2. The number of carbonyl (C=O) groups is 5. The number of aromatic amines is 2. The summed E-state index contributed by atoms with van der Waals surface area (Å²) in [6.07, 6.45) is -14.4.